The molecule has 4 aliphatic rings. The zero-order valence-corrected chi connectivity index (χ0v) is 18.5. The fourth-order valence-corrected chi connectivity index (χ4v) is 6.31. The van der Waals surface area contributed by atoms with Gasteiger partial charge in [0.1, 0.15) is 0 Å². The second-order valence-electron chi connectivity index (χ2n) is 9.79. The van der Waals surface area contributed by atoms with Crippen LogP contribution in [0.2, 0.25) is 0 Å². The van der Waals surface area contributed by atoms with Gasteiger partial charge in [-0.1, -0.05) is 0 Å². The van der Waals surface area contributed by atoms with Gasteiger partial charge in [-0.2, -0.15) is 0 Å². The number of nitrogens with zero attached hydrogens (tertiary/aromatic N) is 3. The Kier molecular flexibility index (Phi) is 6.89. The number of amides is 3. The molecule has 4 rings (SSSR count). The van der Waals surface area contributed by atoms with Crippen LogP contribution < -0.4 is 5.32 Å². The highest BCUT2D eigenvalue weighted by Gasteiger charge is 2.51. The minimum absolute atomic E-state index is 0.178. The van der Waals surface area contributed by atoms with Gasteiger partial charge in [-0.05, 0) is 76.3 Å². The number of nitrogens with one attached hydrogen (secondary N) is 1. The van der Waals surface area contributed by atoms with Gasteiger partial charge in [-0.15, -0.1) is 0 Å². The Morgan fingerprint density at radius 3 is 2.55 bits per heavy atom. The Morgan fingerprint density at radius 1 is 1.13 bits per heavy atom. The third-order valence-corrected chi connectivity index (χ3v) is 7.90. The molecule has 7 nitrogen and oxygen atoms in total. The Balaban J connectivity index is 1.21. The molecule has 1 saturated carbocycles. The summed E-state index contributed by atoms with van der Waals surface area (Å²) in [6, 6.07) is 0.441. The number of alkyl halides is 2. The van der Waals surface area contributed by atoms with Crippen LogP contribution >= 0.6 is 0 Å². The van der Waals surface area contributed by atoms with Crippen LogP contribution in [0.15, 0.2) is 0 Å². The first-order valence-corrected chi connectivity index (χ1v) is 11.9. The molecular weight excluding hydrogens is 406 g/mol. The van der Waals surface area contributed by atoms with E-state index in [4.69, 9.17) is 4.74 Å². The van der Waals surface area contributed by atoms with Crippen molar-refractivity contribution in [3.8, 4) is 0 Å². The minimum atomic E-state index is -2.51. The number of likely N-dealkylation sites (tertiary alicyclic amines) is 3. The molecule has 0 aromatic heterocycles. The summed E-state index contributed by atoms with van der Waals surface area (Å²) in [5.41, 5.74) is 0.277. The van der Waals surface area contributed by atoms with Crippen LogP contribution in [0.1, 0.15) is 51.9 Å². The van der Waals surface area contributed by atoms with Crippen molar-refractivity contribution in [2.45, 2.75) is 70.4 Å². The van der Waals surface area contributed by atoms with Crippen LogP contribution in [-0.2, 0) is 4.74 Å². The van der Waals surface area contributed by atoms with Gasteiger partial charge in [-0.25, -0.2) is 18.4 Å². The van der Waals surface area contributed by atoms with E-state index in [0.717, 1.165) is 71.1 Å². The van der Waals surface area contributed by atoms with Crippen molar-refractivity contribution in [3.63, 3.8) is 0 Å². The van der Waals surface area contributed by atoms with Gasteiger partial charge in [0.15, 0.2) is 0 Å². The molecule has 3 amide bonds. The monoisotopic (exact) mass is 442 g/mol. The van der Waals surface area contributed by atoms with Crippen LogP contribution in [0.3, 0.4) is 0 Å². The van der Waals surface area contributed by atoms with Crippen molar-refractivity contribution < 1.29 is 23.1 Å². The third kappa shape index (κ3) is 4.91. The lowest BCUT2D eigenvalue weighted by Gasteiger charge is -2.52. The highest BCUT2D eigenvalue weighted by Crippen LogP contribution is 2.51. The highest BCUT2D eigenvalue weighted by molar-refractivity contribution is 5.74. The van der Waals surface area contributed by atoms with E-state index in [1.165, 1.54) is 0 Å². The summed E-state index contributed by atoms with van der Waals surface area (Å²) in [5.74, 6) is 0.455. The number of piperidine rings is 1. The molecule has 1 unspecified atom stereocenters. The van der Waals surface area contributed by atoms with E-state index in [2.05, 4.69) is 10.2 Å². The summed E-state index contributed by atoms with van der Waals surface area (Å²) in [7, 11) is 0. The lowest BCUT2D eigenvalue weighted by atomic mass is 9.64. The highest BCUT2D eigenvalue weighted by atomic mass is 19.3. The minimum Gasteiger partial charge on any atom is -0.450 e. The lowest BCUT2D eigenvalue weighted by Crippen LogP contribution is -2.55. The quantitative estimate of drug-likeness (QED) is 0.711. The Labute approximate surface area is 183 Å². The number of halogens is 2. The number of hydrogen-bond acceptors (Lipinski definition) is 4. The Bertz CT molecular complexity index is 651. The van der Waals surface area contributed by atoms with Crippen molar-refractivity contribution >= 4 is 12.1 Å². The average Bonchev–Trinajstić information content (AvgIpc) is 3.39. The maximum absolute atomic E-state index is 12.4. The fraction of sp³-hybridized carbons (Fsp3) is 0.909. The zero-order valence-electron chi connectivity index (χ0n) is 18.5. The Morgan fingerprint density at radius 2 is 1.87 bits per heavy atom. The summed E-state index contributed by atoms with van der Waals surface area (Å²) in [6.07, 6.45) is 4.73. The molecule has 9 heteroatoms. The summed E-state index contributed by atoms with van der Waals surface area (Å²) < 4.78 is 30.0. The second kappa shape index (κ2) is 9.46. The maximum atomic E-state index is 12.4. The van der Waals surface area contributed by atoms with E-state index < -0.39 is 13.0 Å². The average molecular weight is 443 g/mol. The fourth-order valence-electron chi connectivity index (χ4n) is 6.31. The van der Waals surface area contributed by atoms with Crippen molar-refractivity contribution in [3.05, 3.63) is 0 Å². The molecule has 4 fully saturated rings. The molecule has 0 radical (unpaired) electrons. The molecule has 0 aromatic rings. The predicted molar refractivity (Wildman–Crippen MR) is 112 cm³/mol. The SMILES string of the molecule is CCOC(=O)N1CCC2(CC(N3CCC(C4CCCN4C(=O)NCC(F)F)CC3)C2)C1. The van der Waals surface area contributed by atoms with E-state index in [1.807, 2.05) is 11.8 Å². The van der Waals surface area contributed by atoms with Crippen molar-refractivity contribution in [1.29, 1.82) is 0 Å². The molecule has 3 aliphatic heterocycles. The Hall–Kier alpha value is -1.64. The molecular formula is C22H36F2N4O3. The molecule has 1 N–H and O–H groups in total. The zero-order chi connectivity index (χ0) is 22.0. The second-order valence-corrected chi connectivity index (χ2v) is 9.79. The van der Waals surface area contributed by atoms with Gasteiger partial charge in [0.2, 0.25) is 0 Å². The summed E-state index contributed by atoms with van der Waals surface area (Å²) >= 11 is 0. The van der Waals surface area contributed by atoms with Crippen molar-refractivity contribution in [2.75, 3.05) is 45.9 Å². The van der Waals surface area contributed by atoms with Crippen molar-refractivity contribution in [2.24, 2.45) is 11.3 Å². The first-order chi connectivity index (χ1) is 14.9. The molecule has 0 bridgehead atoms. The standard InChI is InChI=1S/C22H36F2N4O3/c1-2-31-21(30)27-11-7-22(15-27)12-17(13-22)26-9-5-16(6-10-26)18-4-3-8-28(18)20(29)25-14-19(23)24/h16-19H,2-15H2,1H3,(H,25,29). The van der Waals surface area contributed by atoms with Crippen LogP contribution in [0.5, 0.6) is 0 Å². The van der Waals surface area contributed by atoms with Gasteiger partial charge in [0.05, 0.1) is 13.2 Å². The van der Waals surface area contributed by atoms with Crippen molar-refractivity contribution in [1.82, 2.24) is 20.0 Å². The summed E-state index contributed by atoms with van der Waals surface area (Å²) in [5, 5.41) is 2.38. The first kappa shape index (κ1) is 22.6. The maximum Gasteiger partial charge on any atom is 0.409 e. The molecule has 31 heavy (non-hydrogen) atoms. The molecule has 1 aliphatic carbocycles. The van der Waals surface area contributed by atoms with E-state index in [1.54, 1.807) is 4.90 Å². The first-order valence-electron chi connectivity index (χ1n) is 11.9. The molecule has 3 saturated heterocycles. The van der Waals surface area contributed by atoms with Gasteiger partial charge < -0.3 is 24.8 Å². The largest absolute Gasteiger partial charge is 0.450 e. The predicted octanol–water partition coefficient (Wildman–Crippen LogP) is 3.15. The van der Waals surface area contributed by atoms with E-state index in [0.29, 0.717) is 25.1 Å². The van der Waals surface area contributed by atoms with E-state index >= 15 is 0 Å². The molecule has 176 valence electrons. The number of carbonyl (C=O) groups is 2. The van der Waals surface area contributed by atoms with Crippen LogP contribution in [0, 0.1) is 11.3 Å². The van der Waals surface area contributed by atoms with Gasteiger partial charge in [-0.3, -0.25) is 0 Å². The van der Waals surface area contributed by atoms with E-state index in [-0.39, 0.29) is 23.6 Å². The number of rotatable bonds is 5. The molecule has 0 aromatic carbocycles. The number of hydrogen-bond donors (Lipinski definition) is 1. The van der Waals surface area contributed by atoms with E-state index in [9.17, 15) is 18.4 Å². The number of carbonyl (C=O) groups excluding carboxylic acids is 2. The lowest BCUT2D eigenvalue weighted by molar-refractivity contribution is -0.0145. The molecule has 3 heterocycles. The number of ether oxygens (including phenoxy) is 1. The normalized spacial score (nSPS) is 32.0. The summed E-state index contributed by atoms with van der Waals surface area (Å²) in [6.45, 7) is 6.06. The summed E-state index contributed by atoms with van der Waals surface area (Å²) in [4.78, 5) is 30.6. The molecule has 1 atom stereocenters. The van der Waals surface area contributed by atoms with Crippen LogP contribution in [-0.4, -0.2) is 91.2 Å². The smallest absolute Gasteiger partial charge is 0.409 e. The van der Waals surface area contributed by atoms with Crippen LogP contribution in [0.4, 0.5) is 18.4 Å². The van der Waals surface area contributed by atoms with Gasteiger partial charge in [0, 0.05) is 31.7 Å². The van der Waals surface area contributed by atoms with Crippen LogP contribution in [0.25, 0.3) is 0 Å². The topological polar surface area (TPSA) is 65.1 Å². The number of urea groups is 1. The molecule has 1 spiro atoms. The van der Waals surface area contributed by atoms with Gasteiger partial charge in [0.25, 0.3) is 6.43 Å². The van der Waals surface area contributed by atoms with Gasteiger partial charge >= 0.3 is 12.1 Å². The third-order valence-electron chi connectivity index (χ3n) is 7.90.